The fraction of sp³-hybridized carbons (Fsp3) is 0.647. The summed E-state index contributed by atoms with van der Waals surface area (Å²) in [5.41, 5.74) is 0. The zero-order chi connectivity index (χ0) is 17.8. The Kier molecular flexibility index (Phi) is 6.33. The summed E-state index contributed by atoms with van der Waals surface area (Å²) in [7, 11) is 1.65. The minimum Gasteiger partial charge on any atom is -0.383 e. The van der Waals surface area contributed by atoms with E-state index in [1.54, 1.807) is 19.2 Å². The van der Waals surface area contributed by atoms with E-state index < -0.39 is 0 Å². The second-order valence-corrected chi connectivity index (χ2v) is 8.12. The quantitative estimate of drug-likeness (QED) is 0.775. The zero-order valence-corrected chi connectivity index (χ0v) is 16.0. The molecule has 2 aliphatic rings. The Balaban J connectivity index is 1.57. The van der Waals surface area contributed by atoms with Crippen molar-refractivity contribution in [3.05, 3.63) is 21.3 Å². The first-order valence-corrected chi connectivity index (χ1v) is 9.86. The third kappa shape index (κ3) is 4.34. The molecule has 0 aliphatic carbocycles. The van der Waals surface area contributed by atoms with Crippen molar-refractivity contribution in [2.24, 2.45) is 0 Å². The van der Waals surface area contributed by atoms with Crippen LogP contribution in [0.15, 0.2) is 12.1 Å². The van der Waals surface area contributed by atoms with Gasteiger partial charge in [0.2, 0.25) is 5.91 Å². The molecule has 2 aliphatic heterocycles. The first kappa shape index (κ1) is 18.6. The summed E-state index contributed by atoms with van der Waals surface area (Å²) < 4.78 is 5.71. The van der Waals surface area contributed by atoms with Crippen LogP contribution >= 0.6 is 22.9 Å². The predicted molar refractivity (Wildman–Crippen MR) is 98.3 cm³/mol. The topological polar surface area (TPSA) is 53.1 Å². The highest BCUT2D eigenvalue weighted by Gasteiger charge is 2.36. The molecule has 0 aromatic carbocycles. The molecule has 3 rings (SSSR count). The molecule has 0 N–H and O–H groups in total. The summed E-state index contributed by atoms with van der Waals surface area (Å²) in [6, 6.07) is 3.49. The van der Waals surface area contributed by atoms with E-state index in [0.717, 1.165) is 39.0 Å². The van der Waals surface area contributed by atoms with Gasteiger partial charge in [-0.3, -0.25) is 14.5 Å². The van der Waals surface area contributed by atoms with Crippen LogP contribution in [0.1, 0.15) is 22.5 Å². The lowest BCUT2D eigenvalue weighted by molar-refractivity contribution is -0.132. The van der Waals surface area contributed by atoms with E-state index in [-0.39, 0.29) is 17.9 Å². The molecule has 0 spiro atoms. The van der Waals surface area contributed by atoms with Gasteiger partial charge in [-0.15, -0.1) is 11.3 Å². The van der Waals surface area contributed by atoms with Crippen LogP contribution < -0.4 is 0 Å². The van der Waals surface area contributed by atoms with Crippen LogP contribution in [-0.2, 0) is 9.53 Å². The molecular formula is C17H24ClN3O3S. The number of likely N-dealkylation sites (tertiary alicyclic amines) is 1. The molecule has 1 unspecified atom stereocenters. The lowest BCUT2D eigenvalue weighted by Crippen LogP contribution is -2.44. The number of carbonyl (C=O) groups is 2. The maximum Gasteiger partial charge on any atom is 0.264 e. The number of halogens is 1. The average molecular weight is 386 g/mol. The monoisotopic (exact) mass is 385 g/mol. The highest BCUT2D eigenvalue weighted by molar-refractivity contribution is 7.17. The molecule has 2 amide bonds. The van der Waals surface area contributed by atoms with Gasteiger partial charge in [-0.05, 0) is 25.0 Å². The van der Waals surface area contributed by atoms with Crippen molar-refractivity contribution in [2.45, 2.75) is 18.9 Å². The molecule has 25 heavy (non-hydrogen) atoms. The van der Waals surface area contributed by atoms with Crippen molar-refractivity contribution in [2.75, 3.05) is 53.0 Å². The number of methoxy groups -OCH3 is 1. The van der Waals surface area contributed by atoms with Gasteiger partial charge in [-0.25, -0.2) is 0 Å². The average Bonchev–Trinajstić information content (AvgIpc) is 3.10. The van der Waals surface area contributed by atoms with E-state index in [9.17, 15) is 9.59 Å². The minimum atomic E-state index is -0.0527. The van der Waals surface area contributed by atoms with Gasteiger partial charge in [-0.2, -0.15) is 0 Å². The van der Waals surface area contributed by atoms with Crippen LogP contribution in [0.4, 0.5) is 0 Å². The number of nitrogens with zero attached hydrogens (tertiary/aromatic N) is 3. The second-order valence-electron chi connectivity index (χ2n) is 6.41. The molecule has 2 fully saturated rings. The molecule has 1 aromatic rings. The Morgan fingerprint density at radius 2 is 2.12 bits per heavy atom. The molecule has 0 radical (unpaired) electrons. The van der Waals surface area contributed by atoms with Crippen LogP contribution in [-0.4, -0.2) is 85.5 Å². The molecule has 3 heterocycles. The standard InChI is InChI=1S/C17H24ClN3O3S/c1-24-12-11-21-8-5-13(16(21)22)19-6-2-7-20(10-9-19)17(23)14-3-4-15(18)25-14/h3-4,13H,2,5-12H2,1H3. The Morgan fingerprint density at radius 1 is 1.28 bits per heavy atom. The van der Waals surface area contributed by atoms with Gasteiger partial charge in [0, 0.05) is 46.4 Å². The third-order valence-corrected chi connectivity index (χ3v) is 6.10. The van der Waals surface area contributed by atoms with Gasteiger partial charge in [-0.1, -0.05) is 11.6 Å². The molecule has 1 atom stereocenters. The third-order valence-electron chi connectivity index (χ3n) is 4.88. The first-order chi connectivity index (χ1) is 12.1. The predicted octanol–water partition coefficient (Wildman–Crippen LogP) is 1.80. The smallest absolute Gasteiger partial charge is 0.264 e. The summed E-state index contributed by atoms with van der Waals surface area (Å²) in [6.45, 7) is 4.98. The molecular weight excluding hydrogens is 362 g/mol. The molecule has 2 saturated heterocycles. The number of rotatable bonds is 5. The summed E-state index contributed by atoms with van der Waals surface area (Å²) in [5.74, 6) is 0.236. The fourth-order valence-corrected chi connectivity index (χ4v) is 4.53. The van der Waals surface area contributed by atoms with Crippen molar-refractivity contribution in [3.8, 4) is 0 Å². The highest BCUT2D eigenvalue weighted by Crippen LogP contribution is 2.24. The van der Waals surface area contributed by atoms with Crippen LogP contribution in [0.2, 0.25) is 4.34 Å². The lowest BCUT2D eigenvalue weighted by Gasteiger charge is -2.26. The van der Waals surface area contributed by atoms with Gasteiger partial charge in [0.15, 0.2) is 0 Å². The number of hydrogen-bond donors (Lipinski definition) is 0. The molecule has 138 valence electrons. The van der Waals surface area contributed by atoms with E-state index in [1.807, 2.05) is 9.80 Å². The number of ether oxygens (including phenoxy) is 1. The summed E-state index contributed by atoms with van der Waals surface area (Å²) >= 11 is 7.26. The Hall–Kier alpha value is -1.15. The molecule has 0 saturated carbocycles. The number of hydrogen-bond acceptors (Lipinski definition) is 5. The van der Waals surface area contributed by atoms with E-state index in [4.69, 9.17) is 16.3 Å². The number of amides is 2. The van der Waals surface area contributed by atoms with E-state index in [0.29, 0.717) is 28.9 Å². The van der Waals surface area contributed by atoms with E-state index in [1.165, 1.54) is 11.3 Å². The second kappa shape index (κ2) is 8.49. The maximum absolute atomic E-state index is 12.6. The number of carbonyl (C=O) groups excluding carboxylic acids is 2. The Morgan fingerprint density at radius 3 is 2.84 bits per heavy atom. The Labute approximate surface area is 157 Å². The van der Waals surface area contributed by atoms with Crippen molar-refractivity contribution >= 4 is 34.8 Å². The lowest BCUT2D eigenvalue weighted by atomic mass is 10.2. The van der Waals surface area contributed by atoms with Crippen LogP contribution in [0.3, 0.4) is 0 Å². The van der Waals surface area contributed by atoms with Gasteiger partial charge in [0.1, 0.15) is 0 Å². The number of thiophene rings is 1. The van der Waals surface area contributed by atoms with E-state index >= 15 is 0 Å². The van der Waals surface area contributed by atoms with Gasteiger partial charge in [0.25, 0.3) is 5.91 Å². The van der Waals surface area contributed by atoms with Crippen LogP contribution in [0, 0.1) is 0 Å². The van der Waals surface area contributed by atoms with Crippen molar-refractivity contribution in [1.82, 2.24) is 14.7 Å². The zero-order valence-electron chi connectivity index (χ0n) is 14.4. The summed E-state index contributed by atoms with van der Waals surface area (Å²) in [4.78, 5) is 31.9. The van der Waals surface area contributed by atoms with Crippen molar-refractivity contribution in [3.63, 3.8) is 0 Å². The SMILES string of the molecule is COCCN1CCC(N2CCCN(C(=O)c3ccc(Cl)s3)CC2)C1=O. The van der Waals surface area contributed by atoms with Crippen LogP contribution in [0.25, 0.3) is 0 Å². The first-order valence-electron chi connectivity index (χ1n) is 8.66. The summed E-state index contributed by atoms with van der Waals surface area (Å²) in [6.07, 6.45) is 1.74. The Bertz CT molecular complexity index is 624. The van der Waals surface area contributed by atoms with Crippen molar-refractivity contribution < 1.29 is 14.3 Å². The van der Waals surface area contributed by atoms with Gasteiger partial charge >= 0.3 is 0 Å². The fourth-order valence-electron chi connectivity index (χ4n) is 3.52. The van der Waals surface area contributed by atoms with Gasteiger partial charge in [0.05, 0.1) is 21.9 Å². The molecule has 6 nitrogen and oxygen atoms in total. The molecule has 0 bridgehead atoms. The van der Waals surface area contributed by atoms with Gasteiger partial charge < -0.3 is 14.5 Å². The van der Waals surface area contributed by atoms with Crippen LogP contribution in [0.5, 0.6) is 0 Å². The normalized spacial score (nSPS) is 22.5. The summed E-state index contributed by atoms with van der Waals surface area (Å²) in [5, 5.41) is 0. The van der Waals surface area contributed by atoms with Crippen molar-refractivity contribution in [1.29, 1.82) is 0 Å². The molecule has 1 aromatic heterocycles. The highest BCUT2D eigenvalue weighted by atomic mass is 35.5. The van der Waals surface area contributed by atoms with E-state index in [2.05, 4.69) is 4.90 Å². The molecule has 8 heteroatoms. The maximum atomic E-state index is 12.6. The minimum absolute atomic E-state index is 0.0400. The largest absolute Gasteiger partial charge is 0.383 e.